The summed E-state index contributed by atoms with van der Waals surface area (Å²) in [6.07, 6.45) is -1.36. The van der Waals surface area contributed by atoms with Crippen LogP contribution in [0.1, 0.15) is 54.5 Å². The van der Waals surface area contributed by atoms with Gasteiger partial charge in [-0.2, -0.15) is 13.2 Å². The van der Waals surface area contributed by atoms with E-state index in [1.807, 2.05) is 4.90 Å². The van der Waals surface area contributed by atoms with Crippen molar-refractivity contribution in [3.8, 4) is 17.0 Å². The molecule has 4 aliphatic rings. The smallest absolute Gasteiger partial charge is 0.418 e. The van der Waals surface area contributed by atoms with Crippen LogP contribution in [0, 0.1) is 12.7 Å². The van der Waals surface area contributed by atoms with E-state index in [2.05, 4.69) is 20.3 Å². The zero-order valence-electron chi connectivity index (χ0n) is 26.3. The lowest BCUT2D eigenvalue weighted by Crippen LogP contribution is -2.42. The molecule has 5 N–H and O–H groups in total. The van der Waals surface area contributed by atoms with Crippen molar-refractivity contribution >= 4 is 46.4 Å². The molecule has 49 heavy (non-hydrogen) atoms. The van der Waals surface area contributed by atoms with Gasteiger partial charge in [0.05, 0.1) is 55.9 Å². The molecular formula is C32H31Cl2F5N8O2. The number of amidine groups is 1. The topological polar surface area (TPSA) is 127 Å². The van der Waals surface area contributed by atoms with Gasteiger partial charge < -0.3 is 31.2 Å². The molecular weight excluding hydrogens is 694 g/mol. The zero-order valence-corrected chi connectivity index (χ0v) is 27.8. The first-order valence-electron chi connectivity index (χ1n) is 15.5. The molecule has 2 saturated heterocycles. The number of hydrogen-bond donors (Lipinski definition) is 3. The van der Waals surface area contributed by atoms with Gasteiger partial charge in [-0.3, -0.25) is 4.90 Å². The second-order valence-corrected chi connectivity index (χ2v) is 13.4. The molecule has 1 unspecified atom stereocenters. The summed E-state index contributed by atoms with van der Waals surface area (Å²) >= 11 is 13.1. The summed E-state index contributed by atoms with van der Waals surface area (Å²) in [5.41, 5.74) is 9.12. The molecule has 2 aromatic heterocycles. The van der Waals surface area contributed by atoms with E-state index >= 15 is 4.39 Å². The number of pyridine rings is 2. The van der Waals surface area contributed by atoms with Crippen molar-refractivity contribution in [2.75, 3.05) is 43.1 Å². The third-order valence-electron chi connectivity index (χ3n) is 9.52. The monoisotopic (exact) mass is 724 g/mol. The second kappa shape index (κ2) is 12.1. The number of nitrogens with zero attached hydrogens (tertiary/aromatic N) is 5. The maximum Gasteiger partial charge on any atom is 0.418 e. The van der Waals surface area contributed by atoms with Crippen molar-refractivity contribution < 1.29 is 31.4 Å². The summed E-state index contributed by atoms with van der Waals surface area (Å²) in [6.45, 7) is 3.86. The molecule has 1 aromatic carbocycles. The van der Waals surface area contributed by atoms with Gasteiger partial charge in [-0.1, -0.05) is 23.2 Å². The Balaban J connectivity index is 1.42. The summed E-state index contributed by atoms with van der Waals surface area (Å²) in [7, 11) is 0. The standard InChI is InChI=1S/C32H31Cl2F5N8O2/c1-14-6-19(40)45-26(23(14)32(37,38)39)21-24(34)27-22-28(25(21)36)49-20(48-12-31-4-3-5-46(31)10-17(35)8-31)11-47(30(22)44-13-43-27)15(2)18-7-16(33)9-42-29(18)41/h6-7,9,11,15,17,43H,3-5,8,10,12-13H2,1-2H3,(H2,40,45)(H2,41,42)/t15?,17-,31+/m1/s1. The number of fused-ring (bicyclic) bond motifs is 1. The Bertz CT molecular complexity index is 1930. The molecule has 0 aliphatic carbocycles. The van der Waals surface area contributed by atoms with Gasteiger partial charge in [-0.05, 0) is 50.9 Å². The number of halogens is 7. The van der Waals surface area contributed by atoms with Gasteiger partial charge in [0.1, 0.15) is 36.9 Å². The number of nitrogens with one attached hydrogen (secondary N) is 1. The SMILES string of the molecule is Cc1cc(N)nc(-c2c(F)c3c4c(c2Cl)NCN=C4N(C(C)c2cc(Cl)cnc2N)C=C(OC[C@@]24CCCN2C[C@H](F)C4)O3)c1C(F)(F)F. The van der Waals surface area contributed by atoms with Crippen molar-refractivity contribution in [2.24, 2.45) is 4.99 Å². The summed E-state index contributed by atoms with van der Waals surface area (Å²) in [4.78, 5) is 16.3. The van der Waals surface area contributed by atoms with E-state index in [0.29, 0.717) is 23.6 Å². The number of ether oxygens (including phenoxy) is 2. The van der Waals surface area contributed by atoms with Crippen LogP contribution < -0.4 is 21.5 Å². The van der Waals surface area contributed by atoms with E-state index in [4.69, 9.17) is 44.1 Å². The highest BCUT2D eigenvalue weighted by Gasteiger charge is 2.50. The Morgan fingerprint density at radius 3 is 2.76 bits per heavy atom. The van der Waals surface area contributed by atoms with Gasteiger partial charge in [0.2, 0.25) is 0 Å². The van der Waals surface area contributed by atoms with Crippen LogP contribution in [0.5, 0.6) is 5.75 Å². The minimum absolute atomic E-state index is 0.00546. The average Bonchev–Trinajstić information content (AvgIpc) is 3.49. The highest BCUT2D eigenvalue weighted by molar-refractivity contribution is 6.37. The normalized spacial score (nSPS) is 22.4. The molecule has 260 valence electrons. The molecule has 0 saturated carbocycles. The lowest BCUT2D eigenvalue weighted by atomic mass is 9.95. The van der Waals surface area contributed by atoms with E-state index in [1.165, 1.54) is 19.3 Å². The predicted octanol–water partition coefficient (Wildman–Crippen LogP) is 7.06. The van der Waals surface area contributed by atoms with Crippen LogP contribution >= 0.6 is 23.2 Å². The molecule has 6 heterocycles. The maximum absolute atomic E-state index is 17.0. The van der Waals surface area contributed by atoms with Gasteiger partial charge in [-0.15, -0.1) is 0 Å². The summed E-state index contributed by atoms with van der Waals surface area (Å²) in [5.74, 6) is -1.93. The van der Waals surface area contributed by atoms with Crippen LogP contribution in [-0.2, 0) is 10.9 Å². The molecule has 4 aliphatic heterocycles. The van der Waals surface area contributed by atoms with E-state index < -0.39 is 57.3 Å². The Kier molecular flexibility index (Phi) is 8.22. The molecule has 0 spiro atoms. The minimum Gasteiger partial charge on any atom is -0.462 e. The number of benzene rings is 1. The molecule has 2 fully saturated rings. The van der Waals surface area contributed by atoms with Gasteiger partial charge in [-0.25, -0.2) is 23.7 Å². The Morgan fingerprint density at radius 1 is 1.22 bits per heavy atom. The minimum atomic E-state index is -4.94. The first-order chi connectivity index (χ1) is 23.2. The van der Waals surface area contributed by atoms with Gasteiger partial charge in [0, 0.05) is 24.7 Å². The van der Waals surface area contributed by atoms with Crippen molar-refractivity contribution in [1.82, 2.24) is 19.8 Å². The quantitative estimate of drug-likeness (QED) is 0.229. The fourth-order valence-electron chi connectivity index (χ4n) is 7.34. The van der Waals surface area contributed by atoms with Crippen LogP contribution in [0.25, 0.3) is 11.3 Å². The fraction of sp³-hybridized carbons (Fsp3) is 0.406. The van der Waals surface area contributed by atoms with Crippen LogP contribution in [-0.4, -0.2) is 63.7 Å². The van der Waals surface area contributed by atoms with Crippen molar-refractivity contribution in [3.63, 3.8) is 0 Å². The number of nitrogen functional groups attached to an aromatic ring is 2. The molecule has 10 nitrogen and oxygen atoms in total. The number of nitrogens with two attached hydrogens (primary N) is 2. The molecule has 0 amide bonds. The lowest BCUT2D eigenvalue weighted by Gasteiger charge is -2.32. The van der Waals surface area contributed by atoms with Crippen LogP contribution in [0.3, 0.4) is 0 Å². The zero-order chi connectivity index (χ0) is 35.0. The van der Waals surface area contributed by atoms with Crippen molar-refractivity contribution in [3.05, 3.63) is 68.6 Å². The number of hydrogen-bond acceptors (Lipinski definition) is 10. The Labute approximate surface area is 287 Å². The van der Waals surface area contributed by atoms with Crippen LogP contribution in [0.4, 0.5) is 39.3 Å². The predicted molar refractivity (Wildman–Crippen MR) is 175 cm³/mol. The summed E-state index contributed by atoms with van der Waals surface area (Å²) in [5, 5.41) is 2.88. The Hall–Kier alpha value is -4.08. The van der Waals surface area contributed by atoms with E-state index in [1.54, 1.807) is 17.9 Å². The number of aromatic nitrogens is 2. The molecule has 17 heteroatoms. The summed E-state index contributed by atoms with van der Waals surface area (Å²) in [6, 6.07) is 2.01. The van der Waals surface area contributed by atoms with Crippen LogP contribution in [0.15, 0.2) is 35.5 Å². The fourth-order valence-corrected chi connectivity index (χ4v) is 7.84. The number of rotatable bonds is 6. The van der Waals surface area contributed by atoms with Gasteiger partial charge in [0.15, 0.2) is 11.6 Å². The van der Waals surface area contributed by atoms with Crippen LogP contribution in [0.2, 0.25) is 10.0 Å². The number of aliphatic imine (C=N–C) groups is 1. The molecule has 0 bridgehead atoms. The Morgan fingerprint density at radius 2 is 2.00 bits per heavy atom. The number of anilines is 3. The van der Waals surface area contributed by atoms with Crippen molar-refractivity contribution in [1.29, 1.82) is 0 Å². The van der Waals surface area contributed by atoms with Gasteiger partial charge >= 0.3 is 12.1 Å². The largest absolute Gasteiger partial charge is 0.462 e. The average molecular weight is 726 g/mol. The third kappa shape index (κ3) is 5.65. The first-order valence-corrected chi connectivity index (χ1v) is 16.2. The molecule has 7 rings (SSSR count). The molecule has 3 atom stereocenters. The van der Waals surface area contributed by atoms with E-state index in [9.17, 15) is 17.6 Å². The van der Waals surface area contributed by atoms with E-state index in [-0.39, 0.29) is 66.5 Å². The van der Waals surface area contributed by atoms with E-state index in [0.717, 1.165) is 12.5 Å². The first kappa shape index (κ1) is 33.4. The highest BCUT2D eigenvalue weighted by atomic mass is 35.5. The number of alkyl halides is 4. The lowest BCUT2D eigenvalue weighted by molar-refractivity contribution is -0.137. The van der Waals surface area contributed by atoms with Gasteiger partial charge in [0.25, 0.3) is 0 Å². The number of aryl methyl sites for hydroxylation is 1. The van der Waals surface area contributed by atoms with Crippen molar-refractivity contribution in [2.45, 2.75) is 57.0 Å². The maximum atomic E-state index is 17.0. The molecule has 0 radical (unpaired) electrons. The molecule has 3 aromatic rings. The second-order valence-electron chi connectivity index (χ2n) is 12.6. The third-order valence-corrected chi connectivity index (χ3v) is 10.1. The highest BCUT2D eigenvalue weighted by Crippen LogP contribution is 2.51. The summed E-state index contributed by atoms with van der Waals surface area (Å²) < 4.78 is 87.4.